The third kappa shape index (κ3) is 2.69. The Bertz CT molecular complexity index is 779. The summed E-state index contributed by atoms with van der Waals surface area (Å²) in [5, 5.41) is 1.86. The number of thiophene rings is 1. The number of carbonyl (C=O) groups is 1. The molecule has 2 fully saturated rings. The van der Waals surface area contributed by atoms with Crippen LogP contribution in [0.5, 0.6) is 0 Å². The molecule has 1 aliphatic heterocycles. The van der Waals surface area contributed by atoms with Gasteiger partial charge in [0.1, 0.15) is 11.2 Å². The molecule has 0 aromatic carbocycles. The first-order chi connectivity index (χ1) is 11.2. The Kier molecular flexibility index (Phi) is 3.93. The van der Waals surface area contributed by atoms with Crippen molar-refractivity contribution < 1.29 is 4.79 Å². The van der Waals surface area contributed by atoms with E-state index in [-0.39, 0.29) is 18.0 Å². The molecule has 0 radical (unpaired) electrons. The quantitative estimate of drug-likeness (QED) is 0.850. The summed E-state index contributed by atoms with van der Waals surface area (Å²) in [6, 6.07) is 2.23. The molecule has 2 aromatic heterocycles. The number of fused-ring (bicyclic) bond motifs is 2. The molecule has 6 heteroatoms. The maximum absolute atomic E-state index is 12.8. The van der Waals surface area contributed by atoms with Crippen molar-refractivity contribution >= 4 is 27.5 Å². The lowest BCUT2D eigenvalue weighted by atomic mass is 9.78. The Morgan fingerprint density at radius 1 is 1.26 bits per heavy atom. The van der Waals surface area contributed by atoms with Crippen molar-refractivity contribution in [2.75, 3.05) is 6.54 Å². The zero-order valence-corrected chi connectivity index (χ0v) is 13.9. The van der Waals surface area contributed by atoms with Crippen LogP contribution in [0.25, 0.3) is 10.2 Å². The van der Waals surface area contributed by atoms with E-state index in [2.05, 4.69) is 4.98 Å². The molecule has 2 aliphatic rings. The van der Waals surface area contributed by atoms with Crippen molar-refractivity contribution in [1.82, 2.24) is 14.5 Å². The molecule has 1 saturated carbocycles. The highest BCUT2D eigenvalue weighted by Crippen LogP contribution is 2.35. The second kappa shape index (κ2) is 6.07. The van der Waals surface area contributed by atoms with Crippen molar-refractivity contribution in [1.29, 1.82) is 0 Å². The summed E-state index contributed by atoms with van der Waals surface area (Å²) in [5.41, 5.74) is 0.615. The van der Waals surface area contributed by atoms with Gasteiger partial charge in [-0.05, 0) is 43.0 Å². The Balaban J connectivity index is 1.56. The number of piperidine rings is 1. The average Bonchev–Trinajstić information content (AvgIpc) is 3.06. The third-order valence-corrected chi connectivity index (χ3v) is 6.20. The highest BCUT2D eigenvalue weighted by molar-refractivity contribution is 7.17. The Morgan fingerprint density at radius 2 is 2.09 bits per heavy atom. The van der Waals surface area contributed by atoms with E-state index in [1.54, 1.807) is 0 Å². The first kappa shape index (κ1) is 14.9. The van der Waals surface area contributed by atoms with Gasteiger partial charge in [-0.1, -0.05) is 12.8 Å². The maximum Gasteiger partial charge on any atom is 0.271 e. The minimum atomic E-state index is -0.101. The molecule has 2 atom stereocenters. The van der Waals surface area contributed by atoms with Gasteiger partial charge in [-0.2, -0.15) is 0 Å². The molecular formula is C17H21N3O2S. The van der Waals surface area contributed by atoms with Crippen molar-refractivity contribution in [3.8, 4) is 0 Å². The van der Waals surface area contributed by atoms with Crippen LogP contribution < -0.4 is 5.56 Å². The molecule has 0 unspecified atom stereocenters. The predicted octanol–water partition coefficient (Wildman–Crippen LogP) is 2.64. The Hall–Kier alpha value is -1.69. The summed E-state index contributed by atoms with van der Waals surface area (Å²) < 4.78 is 2.10. The molecule has 0 N–H and O–H groups in total. The van der Waals surface area contributed by atoms with Gasteiger partial charge in [-0.25, -0.2) is 4.98 Å². The van der Waals surface area contributed by atoms with Crippen molar-refractivity contribution in [2.24, 2.45) is 5.92 Å². The van der Waals surface area contributed by atoms with Crippen LogP contribution in [0.4, 0.5) is 0 Å². The van der Waals surface area contributed by atoms with E-state index in [9.17, 15) is 9.59 Å². The largest absolute Gasteiger partial charge is 0.338 e. The number of amides is 1. The fourth-order valence-corrected chi connectivity index (χ4v) is 4.96. The average molecular weight is 331 g/mol. The zero-order chi connectivity index (χ0) is 15.8. The lowest BCUT2D eigenvalue weighted by molar-refractivity contribution is -0.138. The first-order valence-corrected chi connectivity index (χ1v) is 9.34. The van der Waals surface area contributed by atoms with Crippen LogP contribution in [0.3, 0.4) is 0 Å². The molecule has 4 rings (SSSR count). The summed E-state index contributed by atoms with van der Waals surface area (Å²) in [4.78, 5) is 31.6. The number of nitrogens with zero attached hydrogens (tertiary/aromatic N) is 3. The maximum atomic E-state index is 12.8. The number of likely N-dealkylation sites (tertiary alicyclic amines) is 1. The number of carbonyl (C=O) groups excluding carboxylic acids is 1. The second-order valence-corrected chi connectivity index (χ2v) is 7.57. The smallest absolute Gasteiger partial charge is 0.271 e. The molecule has 3 heterocycles. The fraction of sp³-hybridized carbons (Fsp3) is 0.588. The summed E-state index contributed by atoms with van der Waals surface area (Å²) in [6.07, 6.45) is 8.72. The summed E-state index contributed by atoms with van der Waals surface area (Å²) in [6.45, 7) is 0.951. The third-order valence-electron chi connectivity index (χ3n) is 5.30. The molecule has 1 amide bonds. The normalized spacial score (nSPS) is 24.6. The molecule has 122 valence electrons. The van der Waals surface area contributed by atoms with Crippen LogP contribution >= 0.6 is 11.3 Å². The van der Waals surface area contributed by atoms with Gasteiger partial charge in [-0.15, -0.1) is 11.3 Å². The number of hydrogen-bond acceptors (Lipinski definition) is 4. The van der Waals surface area contributed by atoms with E-state index in [4.69, 9.17) is 0 Å². The van der Waals surface area contributed by atoms with E-state index < -0.39 is 0 Å². The van der Waals surface area contributed by atoms with E-state index in [0.29, 0.717) is 22.2 Å². The van der Waals surface area contributed by atoms with Gasteiger partial charge < -0.3 is 4.90 Å². The minimum Gasteiger partial charge on any atom is -0.338 e. The number of aromatic nitrogens is 2. The molecule has 5 nitrogen and oxygen atoms in total. The van der Waals surface area contributed by atoms with Gasteiger partial charge in [0.25, 0.3) is 5.56 Å². The van der Waals surface area contributed by atoms with Gasteiger partial charge >= 0.3 is 0 Å². The lowest BCUT2D eigenvalue weighted by Gasteiger charge is -2.44. The highest BCUT2D eigenvalue weighted by Gasteiger charge is 2.35. The van der Waals surface area contributed by atoms with E-state index >= 15 is 0 Å². The Labute approximate surface area is 138 Å². The number of rotatable bonds is 2. The van der Waals surface area contributed by atoms with E-state index in [1.165, 1.54) is 47.9 Å². The topological polar surface area (TPSA) is 55.2 Å². The van der Waals surface area contributed by atoms with Crippen molar-refractivity contribution in [3.05, 3.63) is 28.1 Å². The van der Waals surface area contributed by atoms with Gasteiger partial charge in [-0.3, -0.25) is 14.2 Å². The molecule has 0 spiro atoms. The molecule has 1 saturated heterocycles. The van der Waals surface area contributed by atoms with Gasteiger partial charge in [0.2, 0.25) is 5.91 Å². The second-order valence-electron chi connectivity index (χ2n) is 6.65. The molecule has 1 aliphatic carbocycles. The number of hydrogen-bond donors (Lipinski definition) is 0. The van der Waals surface area contributed by atoms with Crippen LogP contribution in [0, 0.1) is 5.92 Å². The van der Waals surface area contributed by atoms with Gasteiger partial charge in [0.05, 0.1) is 11.8 Å². The summed E-state index contributed by atoms with van der Waals surface area (Å²) >= 11 is 1.39. The monoisotopic (exact) mass is 331 g/mol. The van der Waals surface area contributed by atoms with Crippen molar-refractivity contribution in [2.45, 2.75) is 51.1 Å². The summed E-state index contributed by atoms with van der Waals surface area (Å²) in [7, 11) is 0. The van der Waals surface area contributed by atoms with Crippen LogP contribution in [0.15, 0.2) is 22.6 Å². The fourth-order valence-electron chi connectivity index (χ4n) is 4.16. The van der Waals surface area contributed by atoms with Crippen LogP contribution in [-0.2, 0) is 11.3 Å². The molecule has 0 bridgehead atoms. The SMILES string of the molecule is O=C(Cn1cnc2ccsc2c1=O)N1CCC[C@@H]2CCCC[C@H]21. The van der Waals surface area contributed by atoms with Gasteiger partial charge in [0, 0.05) is 12.6 Å². The summed E-state index contributed by atoms with van der Waals surface area (Å²) in [5.74, 6) is 0.734. The molecular weight excluding hydrogens is 310 g/mol. The highest BCUT2D eigenvalue weighted by atomic mass is 32.1. The van der Waals surface area contributed by atoms with Crippen LogP contribution in [0.2, 0.25) is 0 Å². The minimum absolute atomic E-state index is 0.0707. The standard InChI is InChI=1S/C17H21N3O2S/c21-15(20-8-3-5-12-4-1-2-6-14(12)20)10-19-11-18-13-7-9-23-16(13)17(19)22/h7,9,11-12,14H,1-6,8,10H2/t12-,14+/m0/s1. The van der Waals surface area contributed by atoms with E-state index in [1.807, 2.05) is 16.3 Å². The zero-order valence-electron chi connectivity index (χ0n) is 13.1. The van der Waals surface area contributed by atoms with Gasteiger partial charge in [0.15, 0.2) is 0 Å². The van der Waals surface area contributed by atoms with Crippen molar-refractivity contribution in [3.63, 3.8) is 0 Å². The lowest BCUT2D eigenvalue weighted by Crippen LogP contribution is -2.51. The Morgan fingerprint density at radius 3 is 3.00 bits per heavy atom. The predicted molar refractivity (Wildman–Crippen MR) is 90.6 cm³/mol. The van der Waals surface area contributed by atoms with E-state index in [0.717, 1.165) is 19.4 Å². The molecule has 2 aromatic rings. The first-order valence-electron chi connectivity index (χ1n) is 8.46. The van der Waals surface area contributed by atoms with Crippen LogP contribution in [-0.4, -0.2) is 32.9 Å². The van der Waals surface area contributed by atoms with Crippen LogP contribution in [0.1, 0.15) is 38.5 Å². The molecule has 23 heavy (non-hydrogen) atoms.